The van der Waals surface area contributed by atoms with E-state index in [1.54, 1.807) is 0 Å². The fourth-order valence-corrected chi connectivity index (χ4v) is 3.24. The van der Waals surface area contributed by atoms with Gasteiger partial charge in [-0.15, -0.1) is 12.4 Å². The average Bonchev–Trinajstić information content (AvgIpc) is 2.88. The normalized spacial score (nSPS) is 22.8. The van der Waals surface area contributed by atoms with E-state index in [1.165, 1.54) is 38.5 Å². The summed E-state index contributed by atoms with van der Waals surface area (Å²) in [6, 6.07) is 0. The van der Waals surface area contributed by atoms with Gasteiger partial charge in [0.05, 0.1) is 0 Å². The highest BCUT2D eigenvalue weighted by molar-refractivity contribution is 5.85. The summed E-state index contributed by atoms with van der Waals surface area (Å²) in [5, 5.41) is 6.53. The quantitative estimate of drug-likeness (QED) is 0.817. The topological polar surface area (TPSA) is 41.1 Å². The molecular weight excluding hydrogens is 260 g/mol. The van der Waals surface area contributed by atoms with Gasteiger partial charge in [-0.1, -0.05) is 32.6 Å². The maximum atomic E-state index is 11.9. The molecule has 0 bridgehead atoms. The van der Waals surface area contributed by atoms with E-state index in [0.29, 0.717) is 5.41 Å². The van der Waals surface area contributed by atoms with Crippen molar-refractivity contribution in [1.82, 2.24) is 10.6 Å². The second kappa shape index (κ2) is 8.11. The van der Waals surface area contributed by atoms with Crippen LogP contribution in [0.1, 0.15) is 58.3 Å². The van der Waals surface area contributed by atoms with Crippen LogP contribution in [0.15, 0.2) is 0 Å². The zero-order chi connectivity index (χ0) is 12.8. The molecule has 4 heteroatoms. The van der Waals surface area contributed by atoms with E-state index >= 15 is 0 Å². The molecule has 2 aliphatic rings. The summed E-state index contributed by atoms with van der Waals surface area (Å²) < 4.78 is 0. The summed E-state index contributed by atoms with van der Waals surface area (Å²) >= 11 is 0. The molecule has 0 spiro atoms. The van der Waals surface area contributed by atoms with Crippen LogP contribution in [0.2, 0.25) is 0 Å². The van der Waals surface area contributed by atoms with Crippen molar-refractivity contribution in [2.75, 3.05) is 19.6 Å². The zero-order valence-corrected chi connectivity index (χ0v) is 13.0. The molecule has 1 aliphatic heterocycles. The second-order valence-electron chi connectivity index (χ2n) is 6.53. The Balaban J connectivity index is 0.00000180. The van der Waals surface area contributed by atoms with E-state index in [9.17, 15) is 4.79 Å². The van der Waals surface area contributed by atoms with Gasteiger partial charge < -0.3 is 10.6 Å². The number of hydrogen-bond acceptors (Lipinski definition) is 2. The molecule has 0 aromatic heterocycles. The lowest BCUT2D eigenvalue weighted by Crippen LogP contribution is -2.42. The number of hydrogen-bond donors (Lipinski definition) is 2. The van der Waals surface area contributed by atoms with E-state index < -0.39 is 0 Å². The summed E-state index contributed by atoms with van der Waals surface area (Å²) in [6.07, 6.45) is 9.62. The molecule has 0 unspecified atom stereocenters. The Labute approximate surface area is 123 Å². The largest absolute Gasteiger partial charge is 0.356 e. The Bertz CT molecular complexity index is 271. The van der Waals surface area contributed by atoms with Gasteiger partial charge in [-0.05, 0) is 43.7 Å². The smallest absolute Gasteiger partial charge is 0.220 e. The Kier molecular flexibility index (Phi) is 7.16. The number of carbonyl (C=O) groups is 1. The molecule has 3 nitrogen and oxygen atoms in total. The maximum Gasteiger partial charge on any atom is 0.220 e. The van der Waals surface area contributed by atoms with Crippen LogP contribution in [0.5, 0.6) is 0 Å². The fourth-order valence-electron chi connectivity index (χ4n) is 3.24. The molecule has 1 saturated heterocycles. The summed E-state index contributed by atoms with van der Waals surface area (Å²) in [4.78, 5) is 11.9. The van der Waals surface area contributed by atoms with Crippen LogP contribution >= 0.6 is 12.4 Å². The highest BCUT2D eigenvalue weighted by atomic mass is 35.5. The monoisotopic (exact) mass is 288 g/mol. The van der Waals surface area contributed by atoms with E-state index in [2.05, 4.69) is 17.6 Å². The van der Waals surface area contributed by atoms with Gasteiger partial charge in [-0.25, -0.2) is 0 Å². The van der Waals surface area contributed by atoms with E-state index in [0.717, 1.165) is 38.4 Å². The molecule has 0 atom stereocenters. The molecular formula is C15H29ClN2O. The van der Waals surface area contributed by atoms with Crippen LogP contribution in [0.3, 0.4) is 0 Å². The molecule has 1 amide bonds. The van der Waals surface area contributed by atoms with Crippen LogP contribution in [-0.2, 0) is 4.79 Å². The van der Waals surface area contributed by atoms with Crippen molar-refractivity contribution < 1.29 is 4.79 Å². The Morgan fingerprint density at radius 2 is 1.89 bits per heavy atom. The van der Waals surface area contributed by atoms with Crippen molar-refractivity contribution in [2.45, 2.75) is 58.3 Å². The van der Waals surface area contributed by atoms with Crippen molar-refractivity contribution >= 4 is 18.3 Å². The highest BCUT2D eigenvalue weighted by Crippen LogP contribution is 2.29. The van der Waals surface area contributed by atoms with Gasteiger partial charge in [-0.2, -0.15) is 0 Å². The number of rotatable bonds is 5. The number of piperidine rings is 1. The van der Waals surface area contributed by atoms with E-state index in [1.807, 2.05) is 0 Å². The number of halogens is 1. The molecule has 1 heterocycles. The van der Waals surface area contributed by atoms with Gasteiger partial charge in [-0.3, -0.25) is 4.79 Å². The first-order valence-electron chi connectivity index (χ1n) is 7.65. The molecule has 2 rings (SSSR count). The van der Waals surface area contributed by atoms with Crippen LogP contribution in [-0.4, -0.2) is 25.5 Å². The maximum absolute atomic E-state index is 11.9. The molecule has 112 valence electrons. The molecule has 19 heavy (non-hydrogen) atoms. The molecule has 2 fully saturated rings. The Hall–Kier alpha value is -0.280. The van der Waals surface area contributed by atoms with Crippen LogP contribution < -0.4 is 10.6 Å². The predicted molar refractivity (Wildman–Crippen MR) is 81.7 cm³/mol. The standard InChI is InChI=1S/C15H28N2O.ClH/c1-15(8-10-16-11-9-15)12-17-14(18)7-6-13-4-2-3-5-13;/h13,16H,2-12H2,1H3,(H,17,18);1H. The molecule has 0 aromatic rings. The third-order valence-electron chi connectivity index (χ3n) is 4.78. The lowest BCUT2D eigenvalue weighted by Gasteiger charge is -2.34. The van der Waals surface area contributed by atoms with Crippen LogP contribution in [0.25, 0.3) is 0 Å². The minimum atomic E-state index is 0. The summed E-state index contributed by atoms with van der Waals surface area (Å²) in [6.45, 7) is 5.34. The first kappa shape index (κ1) is 16.8. The van der Waals surface area contributed by atoms with Gasteiger partial charge in [0.2, 0.25) is 5.91 Å². The van der Waals surface area contributed by atoms with Crippen molar-refractivity contribution in [3.8, 4) is 0 Å². The van der Waals surface area contributed by atoms with Crippen LogP contribution in [0, 0.1) is 11.3 Å². The van der Waals surface area contributed by atoms with Gasteiger partial charge >= 0.3 is 0 Å². The zero-order valence-electron chi connectivity index (χ0n) is 12.2. The Morgan fingerprint density at radius 1 is 1.26 bits per heavy atom. The minimum Gasteiger partial charge on any atom is -0.356 e. The second-order valence-corrected chi connectivity index (χ2v) is 6.53. The molecule has 1 saturated carbocycles. The fraction of sp³-hybridized carbons (Fsp3) is 0.933. The molecule has 0 radical (unpaired) electrons. The van der Waals surface area contributed by atoms with Crippen LogP contribution in [0.4, 0.5) is 0 Å². The predicted octanol–water partition coefficient (Wildman–Crippen LogP) is 2.88. The summed E-state index contributed by atoms with van der Waals surface area (Å²) in [7, 11) is 0. The molecule has 0 aromatic carbocycles. The SMILES string of the molecule is CC1(CNC(=O)CCC2CCCC2)CCNCC1.Cl. The minimum absolute atomic E-state index is 0. The van der Waals surface area contributed by atoms with Gasteiger partial charge in [0.25, 0.3) is 0 Å². The first-order chi connectivity index (χ1) is 8.68. The first-order valence-corrected chi connectivity index (χ1v) is 7.65. The lowest BCUT2D eigenvalue weighted by molar-refractivity contribution is -0.122. The van der Waals surface area contributed by atoms with Crippen molar-refractivity contribution in [2.24, 2.45) is 11.3 Å². The third kappa shape index (κ3) is 5.70. The van der Waals surface area contributed by atoms with Gasteiger partial charge in [0.1, 0.15) is 0 Å². The number of carbonyl (C=O) groups excluding carboxylic acids is 1. The van der Waals surface area contributed by atoms with Gasteiger partial charge in [0.15, 0.2) is 0 Å². The third-order valence-corrected chi connectivity index (χ3v) is 4.78. The lowest BCUT2D eigenvalue weighted by atomic mass is 9.81. The molecule has 2 N–H and O–H groups in total. The number of amides is 1. The van der Waals surface area contributed by atoms with E-state index in [-0.39, 0.29) is 18.3 Å². The van der Waals surface area contributed by atoms with Gasteiger partial charge in [0, 0.05) is 13.0 Å². The van der Waals surface area contributed by atoms with Crippen molar-refractivity contribution in [1.29, 1.82) is 0 Å². The molecule has 1 aliphatic carbocycles. The van der Waals surface area contributed by atoms with E-state index in [4.69, 9.17) is 0 Å². The highest BCUT2D eigenvalue weighted by Gasteiger charge is 2.27. The summed E-state index contributed by atoms with van der Waals surface area (Å²) in [5.74, 6) is 1.09. The van der Waals surface area contributed by atoms with Crippen molar-refractivity contribution in [3.63, 3.8) is 0 Å². The summed E-state index contributed by atoms with van der Waals surface area (Å²) in [5.41, 5.74) is 0.314. The number of nitrogens with one attached hydrogen (secondary N) is 2. The van der Waals surface area contributed by atoms with Crippen molar-refractivity contribution in [3.05, 3.63) is 0 Å². The Morgan fingerprint density at radius 3 is 2.53 bits per heavy atom. The average molecular weight is 289 g/mol.